The van der Waals surface area contributed by atoms with Gasteiger partial charge in [-0.2, -0.15) is 13.2 Å². The van der Waals surface area contributed by atoms with E-state index in [4.69, 9.17) is 5.11 Å². The summed E-state index contributed by atoms with van der Waals surface area (Å²) in [6, 6.07) is 0. The average molecular weight is 241 g/mol. The Kier molecular flexibility index (Phi) is 6.05. The molecule has 4 nitrogen and oxygen atoms in total. The summed E-state index contributed by atoms with van der Waals surface area (Å²) in [6.45, 7) is 0.846. The molecule has 0 aromatic rings. The Labute approximate surface area is 91.1 Å². The second-order valence-corrected chi connectivity index (χ2v) is 3.10. The fourth-order valence-electron chi connectivity index (χ4n) is 0.766. The number of nitrogens with one attached hydrogen (secondary N) is 1. The molecule has 0 aromatic heterocycles. The number of allylic oxidation sites excluding steroid dienone is 1. The van der Waals surface area contributed by atoms with Crippen LogP contribution < -0.4 is 5.32 Å². The van der Waals surface area contributed by atoms with Gasteiger partial charge in [0.1, 0.15) is 0 Å². The highest BCUT2D eigenvalue weighted by atomic mass is 19.4. The lowest BCUT2D eigenvalue weighted by molar-refractivity contribution is -0.118. The SMILES string of the molecule is COC(O)CCNC(=O)/C=C(\C)C(F)(F)F. The molecule has 0 radical (unpaired) electrons. The predicted molar refractivity (Wildman–Crippen MR) is 50.5 cm³/mol. The van der Waals surface area contributed by atoms with E-state index >= 15 is 0 Å². The first-order valence-electron chi connectivity index (χ1n) is 4.51. The van der Waals surface area contributed by atoms with Gasteiger partial charge < -0.3 is 15.2 Å². The standard InChI is InChI=1S/C9H14F3NO3/c1-6(9(10,11)12)5-7(14)13-4-3-8(15)16-2/h5,8,15H,3-4H2,1-2H3,(H,13,14)/b6-5+. The Morgan fingerprint density at radius 3 is 2.56 bits per heavy atom. The van der Waals surface area contributed by atoms with Gasteiger partial charge >= 0.3 is 6.18 Å². The number of halogens is 3. The van der Waals surface area contributed by atoms with Crippen LogP contribution in [-0.4, -0.2) is 37.1 Å². The summed E-state index contributed by atoms with van der Waals surface area (Å²) in [5.74, 6) is -0.849. The second-order valence-electron chi connectivity index (χ2n) is 3.10. The van der Waals surface area contributed by atoms with E-state index in [1.807, 2.05) is 0 Å². The van der Waals surface area contributed by atoms with Crippen LogP contribution in [0.15, 0.2) is 11.6 Å². The summed E-state index contributed by atoms with van der Waals surface area (Å²) in [5, 5.41) is 11.1. The van der Waals surface area contributed by atoms with Crippen LogP contribution in [0, 0.1) is 0 Å². The van der Waals surface area contributed by atoms with Crippen molar-refractivity contribution in [3.8, 4) is 0 Å². The number of aliphatic hydroxyl groups excluding tert-OH is 1. The predicted octanol–water partition coefficient (Wildman–Crippen LogP) is 0.966. The van der Waals surface area contributed by atoms with Crippen molar-refractivity contribution in [3.05, 3.63) is 11.6 Å². The first-order chi connectivity index (χ1) is 7.27. The first-order valence-corrected chi connectivity index (χ1v) is 4.51. The summed E-state index contributed by atoms with van der Waals surface area (Å²) >= 11 is 0. The quantitative estimate of drug-likeness (QED) is 0.557. The fourth-order valence-corrected chi connectivity index (χ4v) is 0.766. The fraction of sp³-hybridized carbons (Fsp3) is 0.667. The van der Waals surface area contributed by atoms with Crippen molar-refractivity contribution < 1.29 is 27.8 Å². The number of carbonyl (C=O) groups excluding carboxylic acids is 1. The third-order valence-corrected chi connectivity index (χ3v) is 1.76. The summed E-state index contributed by atoms with van der Waals surface area (Å²) in [5.41, 5.74) is -0.975. The van der Waals surface area contributed by atoms with Crippen molar-refractivity contribution >= 4 is 5.91 Å². The zero-order chi connectivity index (χ0) is 12.8. The van der Waals surface area contributed by atoms with E-state index in [-0.39, 0.29) is 13.0 Å². The van der Waals surface area contributed by atoms with E-state index in [9.17, 15) is 18.0 Å². The van der Waals surface area contributed by atoms with Crippen molar-refractivity contribution in [1.82, 2.24) is 5.32 Å². The molecule has 1 atom stereocenters. The molecule has 0 aromatic carbocycles. The Morgan fingerprint density at radius 2 is 2.12 bits per heavy atom. The molecule has 94 valence electrons. The van der Waals surface area contributed by atoms with E-state index in [0.717, 1.165) is 6.92 Å². The van der Waals surface area contributed by atoms with Crippen LogP contribution in [0.1, 0.15) is 13.3 Å². The van der Waals surface area contributed by atoms with Crippen LogP contribution >= 0.6 is 0 Å². The van der Waals surface area contributed by atoms with Gasteiger partial charge in [-0.05, 0) is 6.92 Å². The second kappa shape index (κ2) is 6.49. The summed E-state index contributed by atoms with van der Waals surface area (Å²) < 4.78 is 40.5. The molecule has 2 N–H and O–H groups in total. The summed E-state index contributed by atoms with van der Waals surface area (Å²) in [7, 11) is 1.28. The molecule has 1 unspecified atom stereocenters. The van der Waals surface area contributed by atoms with Crippen molar-refractivity contribution in [2.45, 2.75) is 25.8 Å². The molecule has 0 aliphatic rings. The van der Waals surface area contributed by atoms with E-state index < -0.39 is 23.9 Å². The van der Waals surface area contributed by atoms with Gasteiger partial charge in [0.25, 0.3) is 0 Å². The third-order valence-electron chi connectivity index (χ3n) is 1.76. The maximum Gasteiger partial charge on any atom is 0.412 e. The molecule has 0 rings (SSSR count). The topological polar surface area (TPSA) is 58.6 Å². The Balaban J connectivity index is 4.00. The van der Waals surface area contributed by atoms with Gasteiger partial charge in [0.15, 0.2) is 6.29 Å². The lowest BCUT2D eigenvalue weighted by atomic mass is 10.2. The molecule has 0 aliphatic heterocycles. The molecule has 1 amide bonds. The number of methoxy groups -OCH3 is 1. The van der Waals surface area contributed by atoms with Crippen molar-refractivity contribution in [1.29, 1.82) is 0 Å². The van der Waals surface area contributed by atoms with Crippen molar-refractivity contribution in [3.63, 3.8) is 0 Å². The molecule has 0 fully saturated rings. The van der Waals surface area contributed by atoms with Gasteiger partial charge in [-0.25, -0.2) is 0 Å². The highest BCUT2D eigenvalue weighted by Gasteiger charge is 2.30. The minimum absolute atomic E-state index is 0.0372. The number of hydrogen-bond acceptors (Lipinski definition) is 3. The van der Waals surface area contributed by atoms with Crippen LogP contribution in [0.4, 0.5) is 13.2 Å². The summed E-state index contributed by atoms with van der Waals surface area (Å²) in [4.78, 5) is 11.0. The van der Waals surface area contributed by atoms with Gasteiger partial charge in [-0.15, -0.1) is 0 Å². The number of ether oxygens (including phenoxy) is 1. The molecule has 0 saturated heterocycles. The number of carbonyl (C=O) groups is 1. The largest absolute Gasteiger partial charge is 0.412 e. The lowest BCUT2D eigenvalue weighted by Gasteiger charge is -2.09. The molecule has 0 heterocycles. The number of aliphatic hydroxyl groups is 1. The zero-order valence-electron chi connectivity index (χ0n) is 8.97. The molecular formula is C9H14F3NO3. The smallest absolute Gasteiger partial charge is 0.368 e. The maximum absolute atomic E-state index is 12.0. The molecule has 16 heavy (non-hydrogen) atoms. The molecule has 0 spiro atoms. The van der Waals surface area contributed by atoms with Crippen LogP contribution in [0.5, 0.6) is 0 Å². The Morgan fingerprint density at radius 1 is 1.56 bits per heavy atom. The molecule has 7 heteroatoms. The Hall–Kier alpha value is -1.08. The van der Waals surface area contributed by atoms with E-state index in [1.54, 1.807) is 0 Å². The van der Waals surface area contributed by atoms with Crippen LogP contribution in [0.3, 0.4) is 0 Å². The molecule has 0 bridgehead atoms. The normalized spacial score (nSPS) is 14.8. The van der Waals surface area contributed by atoms with E-state index in [2.05, 4.69) is 10.1 Å². The highest BCUT2D eigenvalue weighted by Crippen LogP contribution is 2.24. The van der Waals surface area contributed by atoms with Gasteiger partial charge in [-0.3, -0.25) is 4.79 Å². The Bertz CT molecular complexity index is 263. The first kappa shape index (κ1) is 14.9. The maximum atomic E-state index is 12.0. The van der Waals surface area contributed by atoms with Crippen molar-refractivity contribution in [2.24, 2.45) is 0 Å². The van der Waals surface area contributed by atoms with Gasteiger partial charge in [-0.1, -0.05) is 0 Å². The minimum atomic E-state index is -4.50. The zero-order valence-corrected chi connectivity index (χ0v) is 8.97. The van der Waals surface area contributed by atoms with Crippen LogP contribution in [-0.2, 0) is 9.53 Å². The van der Waals surface area contributed by atoms with Gasteiger partial charge in [0, 0.05) is 31.7 Å². The van der Waals surface area contributed by atoms with Crippen LogP contribution in [0.25, 0.3) is 0 Å². The number of alkyl halides is 3. The van der Waals surface area contributed by atoms with E-state index in [0.29, 0.717) is 6.08 Å². The third kappa shape index (κ3) is 6.41. The minimum Gasteiger partial charge on any atom is -0.368 e. The lowest BCUT2D eigenvalue weighted by Crippen LogP contribution is -2.27. The summed E-state index contributed by atoms with van der Waals surface area (Å²) in [6.07, 6.45) is -4.95. The molecule has 0 aliphatic carbocycles. The number of amides is 1. The number of hydrogen-bond donors (Lipinski definition) is 2. The van der Waals surface area contributed by atoms with Gasteiger partial charge in [0.2, 0.25) is 5.91 Å². The highest BCUT2D eigenvalue weighted by molar-refractivity contribution is 5.88. The molecule has 0 saturated carbocycles. The van der Waals surface area contributed by atoms with Gasteiger partial charge in [0.05, 0.1) is 0 Å². The monoisotopic (exact) mass is 241 g/mol. The average Bonchev–Trinajstić information content (AvgIpc) is 2.15. The molecular weight excluding hydrogens is 227 g/mol. The van der Waals surface area contributed by atoms with Crippen LogP contribution in [0.2, 0.25) is 0 Å². The van der Waals surface area contributed by atoms with E-state index in [1.165, 1.54) is 7.11 Å². The number of rotatable bonds is 5. The van der Waals surface area contributed by atoms with Crippen molar-refractivity contribution in [2.75, 3.05) is 13.7 Å².